The van der Waals surface area contributed by atoms with Crippen LogP contribution in [-0.2, 0) is 26.2 Å². The molecule has 2 amide bonds. The van der Waals surface area contributed by atoms with E-state index < -0.39 is 28.5 Å². The third kappa shape index (κ3) is 7.86. The Morgan fingerprint density at radius 1 is 1.14 bits per heavy atom. The molecule has 0 aliphatic rings. The monoisotopic (exact) mass is 523 g/mol. The quantitative estimate of drug-likeness (QED) is 0.484. The van der Waals surface area contributed by atoms with E-state index in [2.05, 4.69) is 5.32 Å². The fourth-order valence-corrected chi connectivity index (χ4v) is 4.53. The second-order valence-electron chi connectivity index (χ2n) is 8.59. The SMILES string of the molecule is CC[C@@H](C)NC(=O)[C@H](C)N(Cc1cccc(Cl)c1)C(=O)CN(c1cc(C)ccc1OC)S(C)(=O)=O. The summed E-state index contributed by atoms with van der Waals surface area (Å²) in [5.74, 6) is -0.544. The topological polar surface area (TPSA) is 96.0 Å². The van der Waals surface area contributed by atoms with E-state index in [9.17, 15) is 18.0 Å². The zero-order valence-corrected chi connectivity index (χ0v) is 22.6. The molecule has 2 atom stereocenters. The number of nitrogens with one attached hydrogen (secondary N) is 1. The van der Waals surface area contributed by atoms with Gasteiger partial charge in [-0.15, -0.1) is 0 Å². The lowest BCUT2D eigenvalue weighted by Crippen LogP contribution is -2.52. The smallest absolute Gasteiger partial charge is 0.244 e. The maximum atomic E-state index is 13.6. The van der Waals surface area contributed by atoms with E-state index in [0.29, 0.717) is 16.3 Å². The summed E-state index contributed by atoms with van der Waals surface area (Å²) in [7, 11) is -2.43. The van der Waals surface area contributed by atoms with Gasteiger partial charge in [0.2, 0.25) is 21.8 Å². The molecule has 2 aromatic carbocycles. The van der Waals surface area contributed by atoms with E-state index in [1.165, 1.54) is 12.0 Å². The van der Waals surface area contributed by atoms with Gasteiger partial charge < -0.3 is 15.0 Å². The van der Waals surface area contributed by atoms with Crippen molar-refractivity contribution < 1.29 is 22.7 Å². The van der Waals surface area contributed by atoms with Gasteiger partial charge in [0.15, 0.2) is 0 Å². The Kier molecular flexibility index (Phi) is 9.97. The molecule has 2 aromatic rings. The molecule has 0 unspecified atom stereocenters. The third-order valence-electron chi connectivity index (χ3n) is 5.69. The van der Waals surface area contributed by atoms with E-state index in [1.807, 2.05) is 20.8 Å². The summed E-state index contributed by atoms with van der Waals surface area (Å²) >= 11 is 6.13. The molecule has 0 heterocycles. The first-order chi connectivity index (χ1) is 16.4. The van der Waals surface area contributed by atoms with E-state index in [-0.39, 0.29) is 24.2 Å². The number of benzene rings is 2. The average Bonchev–Trinajstić information content (AvgIpc) is 2.79. The van der Waals surface area contributed by atoms with Gasteiger partial charge in [-0.05, 0) is 62.6 Å². The van der Waals surface area contributed by atoms with Crippen LogP contribution in [0.15, 0.2) is 42.5 Å². The summed E-state index contributed by atoms with van der Waals surface area (Å²) in [4.78, 5) is 27.9. The lowest BCUT2D eigenvalue weighted by atomic mass is 10.1. The standard InChI is InChI=1S/C25H34ClN3O5S/c1-7-18(3)27-25(31)19(4)28(15-20-9-8-10-21(26)14-20)24(30)16-29(35(6,32)33)22-13-17(2)11-12-23(22)34-5/h8-14,18-19H,7,15-16H2,1-6H3,(H,27,31)/t18-,19+/m1/s1. The van der Waals surface area contributed by atoms with Gasteiger partial charge in [0.25, 0.3) is 0 Å². The summed E-state index contributed by atoms with van der Waals surface area (Å²) in [5, 5.41) is 3.39. The highest BCUT2D eigenvalue weighted by atomic mass is 35.5. The minimum Gasteiger partial charge on any atom is -0.495 e. The molecule has 0 aliphatic carbocycles. The molecule has 0 saturated heterocycles. The Bertz CT molecular complexity index is 1160. The van der Waals surface area contributed by atoms with Crippen LogP contribution in [0.3, 0.4) is 0 Å². The number of ether oxygens (including phenoxy) is 1. The maximum absolute atomic E-state index is 13.6. The number of carbonyl (C=O) groups is 2. The minimum absolute atomic E-state index is 0.0721. The van der Waals surface area contributed by atoms with Crippen molar-refractivity contribution in [3.05, 3.63) is 58.6 Å². The van der Waals surface area contributed by atoms with Crippen molar-refractivity contribution in [2.45, 2.75) is 52.7 Å². The number of hydrogen-bond donors (Lipinski definition) is 1. The Balaban J connectivity index is 2.46. The molecule has 192 valence electrons. The molecule has 0 fully saturated rings. The van der Waals surface area contributed by atoms with Gasteiger partial charge in [-0.3, -0.25) is 13.9 Å². The van der Waals surface area contributed by atoms with Crippen LogP contribution in [0.25, 0.3) is 0 Å². The fraction of sp³-hybridized carbons (Fsp3) is 0.440. The molecular weight excluding hydrogens is 490 g/mol. The van der Waals surface area contributed by atoms with Gasteiger partial charge in [-0.1, -0.05) is 36.7 Å². The number of sulfonamides is 1. The van der Waals surface area contributed by atoms with E-state index >= 15 is 0 Å². The minimum atomic E-state index is -3.86. The van der Waals surface area contributed by atoms with Crippen molar-refractivity contribution in [2.24, 2.45) is 0 Å². The molecule has 10 heteroatoms. The first kappa shape index (κ1) is 28.5. The molecule has 0 aromatic heterocycles. The number of halogens is 1. The van der Waals surface area contributed by atoms with Crippen molar-refractivity contribution in [1.82, 2.24) is 10.2 Å². The van der Waals surface area contributed by atoms with Crippen LogP contribution >= 0.6 is 11.6 Å². The molecule has 0 bridgehead atoms. The Morgan fingerprint density at radius 2 is 1.83 bits per heavy atom. The van der Waals surface area contributed by atoms with Crippen LogP contribution in [0.5, 0.6) is 5.75 Å². The zero-order chi connectivity index (χ0) is 26.3. The Labute approximate surface area is 213 Å². The van der Waals surface area contributed by atoms with Gasteiger partial charge in [0.05, 0.1) is 19.1 Å². The van der Waals surface area contributed by atoms with E-state index in [0.717, 1.165) is 22.5 Å². The van der Waals surface area contributed by atoms with Crippen LogP contribution in [0.1, 0.15) is 38.3 Å². The summed E-state index contributed by atoms with van der Waals surface area (Å²) in [6.45, 7) is 6.85. The predicted octanol–water partition coefficient (Wildman–Crippen LogP) is 3.76. The number of carbonyl (C=O) groups excluding carboxylic acids is 2. The molecule has 0 radical (unpaired) electrons. The van der Waals surface area contributed by atoms with Gasteiger partial charge in [0, 0.05) is 17.6 Å². The number of hydrogen-bond acceptors (Lipinski definition) is 5. The summed E-state index contributed by atoms with van der Waals surface area (Å²) in [6.07, 6.45) is 1.76. The molecular formula is C25H34ClN3O5S. The number of rotatable bonds is 11. The molecule has 1 N–H and O–H groups in total. The number of anilines is 1. The van der Waals surface area contributed by atoms with Crippen molar-refractivity contribution in [2.75, 3.05) is 24.2 Å². The van der Waals surface area contributed by atoms with Crippen LogP contribution in [0.4, 0.5) is 5.69 Å². The van der Waals surface area contributed by atoms with Crippen LogP contribution in [0, 0.1) is 6.92 Å². The largest absolute Gasteiger partial charge is 0.495 e. The molecule has 8 nitrogen and oxygen atoms in total. The zero-order valence-electron chi connectivity index (χ0n) is 21.0. The van der Waals surface area contributed by atoms with Crippen LogP contribution in [-0.4, -0.2) is 57.1 Å². The van der Waals surface area contributed by atoms with Crippen LogP contribution in [0.2, 0.25) is 5.02 Å². The Morgan fingerprint density at radius 3 is 2.40 bits per heavy atom. The highest BCUT2D eigenvalue weighted by Gasteiger charge is 2.31. The lowest BCUT2D eigenvalue weighted by molar-refractivity contribution is -0.139. The van der Waals surface area contributed by atoms with Crippen molar-refractivity contribution in [3.8, 4) is 5.75 Å². The molecule has 35 heavy (non-hydrogen) atoms. The summed E-state index contributed by atoms with van der Waals surface area (Å²) in [5.41, 5.74) is 1.77. The van der Waals surface area contributed by atoms with Gasteiger partial charge in [-0.25, -0.2) is 8.42 Å². The highest BCUT2D eigenvalue weighted by Crippen LogP contribution is 2.31. The van der Waals surface area contributed by atoms with Crippen molar-refractivity contribution >= 4 is 39.1 Å². The van der Waals surface area contributed by atoms with Crippen molar-refractivity contribution in [1.29, 1.82) is 0 Å². The third-order valence-corrected chi connectivity index (χ3v) is 7.05. The summed E-state index contributed by atoms with van der Waals surface area (Å²) in [6, 6.07) is 11.1. The Hall–Kier alpha value is -2.78. The van der Waals surface area contributed by atoms with Gasteiger partial charge >= 0.3 is 0 Å². The van der Waals surface area contributed by atoms with E-state index in [4.69, 9.17) is 16.3 Å². The first-order valence-electron chi connectivity index (χ1n) is 11.3. The number of nitrogens with zero attached hydrogens (tertiary/aromatic N) is 2. The van der Waals surface area contributed by atoms with Gasteiger partial charge in [0.1, 0.15) is 18.3 Å². The second-order valence-corrected chi connectivity index (χ2v) is 10.9. The maximum Gasteiger partial charge on any atom is 0.244 e. The van der Waals surface area contributed by atoms with Crippen LogP contribution < -0.4 is 14.4 Å². The van der Waals surface area contributed by atoms with E-state index in [1.54, 1.807) is 49.4 Å². The molecule has 0 aliphatic heterocycles. The second kappa shape index (κ2) is 12.3. The predicted molar refractivity (Wildman–Crippen MR) is 139 cm³/mol. The number of methoxy groups -OCH3 is 1. The van der Waals surface area contributed by atoms with Crippen molar-refractivity contribution in [3.63, 3.8) is 0 Å². The molecule has 0 saturated carbocycles. The normalized spacial score (nSPS) is 13.0. The fourth-order valence-electron chi connectivity index (χ4n) is 3.47. The molecule has 0 spiro atoms. The highest BCUT2D eigenvalue weighted by molar-refractivity contribution is 7.92. The lowest BCUT2D eigenvalue weighted by Gasteiger charge is -2.32. The average molecular weight is 524 g/mol. The number of amides is 2. The summed E-state index contributed by atoms with van der Waals surface area (Å²) < 4.78 is 31.9. The first-order valence-corrected chi connectivity index (χ1v) is 13.6. The molecule has 2 rings (SSSR count). The van der Waals surface area contributed by atoms with Gasteiger partial charge in [-0.2, -0.15) is 0 Å². The number of aryl methyl sites for hydroxylation is 1.